The van der Waals surface area contributed by atoms with E-state index in [0.29, 0.717) is 28.4 Å². The second kappa shape index (κ2) is 15.0. The van der Waals surface area contributed by atoms with Crippen LogP contribution in [0, 0.1) is 31.1 Å². The predicted octanol–water partition coefficient (Wildman–Crippen LogP) is 4.33. The minimum absolute atomic E-state index is 0. The Morgan fingerprint density at radius 3 is 2.38 bits per heavy atom. The molecule has 0 aliphatic heterocycles. The largest absolute Gasteiger partial charge is 0.489 e. The molecule has 220 valence electrons. The first-order valence-electron chi connectivity index (χ1n) is 13.5. The molecule has 2 aromatic carbocycles. The van der Waals surface area contributed by atoms with E-state index in [0.717, 1.165) is 22.4 Å². The van der Waals surface area contributed by atoms with Crippen LogP contribution in [0.4, 0.5) is 0 Å². The van der Waals surface area contributed by atoms with Crippen LogP contribution in [0.5, 0.6) is 5.75 Å². The zero-order valence-corrected chi connectivity index (χ0v) is 28.9. The maximum atomic E-state index is 13.1. The quantitative estimate of drug-likeness (QED) is 0.179. The molecule has 4 rings (SSSR count). The van der Waals surface area contributed by atoms with Crippen molar-refractivity contribution in [2.75, 3.05) is 6.54 Å². The van der Waals surface area contributed by atoms with Crippen molar-refractivity contribution in [1.29, 1.82) is 0 Å². The summed E-state index contributed by atoms with van der Waals surface area (Å²) in [6, 6.07) is 15.9. The van der Waals surface area contributed by atoms with Gasteiger partial charge in [0, 0.05) is 66.7 Å². The van der Waals surface area contributed by atoms with Gasteiger partial charge in [-0.3, -0.25) is 9.59 Å². The molecule has 4 N–H and O–H groups in total. The number of carbonyl (C=O) groups excluding carboxylic acids is 2. The van der Waals surface area contributed by atoms with Crippen LogP contribution in [-0.4, -0.2) is 56.2 Å². The Balaban J connectivity index is 0.00000484. The van der Waals surface area contributed by atoms with Crippen molar-refractivity contribution in [3.8, 4) is 17.0 Å². The standard InChI is InChI=1S/C31H35ClN4O5.U/c1-18(2)41-28-12-11-23(15-26(28)32)31(40)34-24(16-33-30(39)20(4)38)14-21-7-9-22(10-8-21)27-17-36-13-5-6-25(19(3)37)29(36)35-27;/h5-13,15,17-20,24,37-38H,14,16H2,1-4H3,(H,33,39)(H,34,40);/t19?,20-,24+;/m1./s1. The van der Waals surface area contributed by atoms with E-state index in [9.17, 15) is 19.8 Å². The molecular weight excluding hydrogens is 782 g/mol. The van der Waals surface area contributed by atoms with Crippen molar-refractivity contribution in [2.24, 2.45) is 0 Å². The van der Waals surface area contributed by atoms with Crippen molar-refractivity contribution < 1.29 is 55.7 Å². The summed E-state index contributed by atoms with van der Waals surface area (Å²) < 4.78 is 7.53. The number of hydrogen-bond acceptors (Lipinski definition) is 6. The van der Waals surface area contributed by atoms with Crippen LogP contribution in [0.1, 0.15) is 55.3 Å². The number of nitrogens with one attached hydrogen (secondary N) is 2. The maximum Gasteiger partial charge on any atom is 0.251 e. The van der Waals surface area contributed by atoms with Gasteiger partial charge in [0.05, 0.1) is 29.0 Å². The van der Waals surface area contributed by atoms with Crippen LogP contribution in [0.3, 0.4) is 0 Å². The molecule has 9 nitrogen and oxygen atoms in total. The Kier molecular flexibility index (Phi) is 12.0. The summed E-state index contributed by atoms with van der Waals surface area (Å²) in [5.74, 6) is -0.387. The van der Waals surface area contributed by atoms with E-state index in [2.05, 4.69) is 10.6 Å². The van der Waals surface area contributed by atoms with Crippen LogP contribution in [0.25, 0.3) is 16.9 Å². The van der Waals surface area contributed by atoms with Crippen molar-refractivity contribution in [1.82, 2.24) is 20.0 Å². The fourth-order valence-electron chi connectivity index (χ4n) is 4.40. The molecule has 0 radical (unpaired) electrons. The normalized spacial score (nSPS) is 13.2. The van der Waals surface area contributed by atoms with Gasteiger partial charge in [0.25, 0.3) is 5.91 Å². The SMILES string of the molecule is CC(C)Oc1ccc(C(=O)N[C@H](CNC(=O)[C@@H](C)O)Cc2ccc(-c3cn4cccc(C(C)O)c4n3)cc2)cc1Cl.[U]. The van der Waals surface area contributed by atoms with Gasteiger partial charge < -0.3 is 30.0 Å². The van der Waals surface area contributed by atoms with Gasteiger partial charge in [-0.15, -0.1) is 0 Å². The Morgan fingerprint density at radius 1 is 1.05 bits per heavy atom. The molecular formula is C31H35ClN4O5U. The summed E-state index contributed by atoms with van der Waals surface area (Å²) >= 11 is 6.33. The first kappa shape index (κ1) is 33.6. The van der Waals surface area contributed by atoms with Gasteiger partial charge in [0.2, 0.25) is 5.91 Å². The van der Waals surface area contributed by atoms with Crippen molar-refractivity contribution >= 4 is 29.1 Å². The van der Waals surface area contributed by atoms with Gasteiger partial charge in [-0.25, -0.2) is 4.98 Å². The Labute approximate surface area is 274 Å². The Hall–Kier alpha value is -2.87. The number of aliphatic hydroxyl groups is 2. The zero-order chi connectivity index (χ0) is 29.7. The molecule has 11 heteroatoms. The van der Waals surface area contributed by atoms with E-state index in [4.69, 9.17) is 21.3 Å². The molecule has 0 aliphatic carbocycles. The topological polar surface area (TPSA) is 125 Å². The van der Waals surface area contributed by atoms with Crippen LogP contribution in [0.2, 0.25) is 5.02 Å². The molecule has 0 spiro atoms. The average Bonchev–Trinajstić information content (AvgIpc) is 3.37. The molecule has 2 aromatic heterocycles. The van der Waals surface area contributed by atoms with E-state index < -0.39 is 24.2 Å². The summed E-state index contributed by atoms with van der Waals surface area (Å²) in [7, 11) is 0. The number of aliphatic hydroxyl groups excluding tert-OH is 2. The average molecular weight is 817 g/mol. The number of fused-ring (bicyclic) bond motifs is 1. The molecule has 1 unspecified atom stereocenters. The van der Waals surface area contributed by atoms with Gasteiger partial charge in [-0.1, -0.05) is 41.9 Å². The molecule has 4 aromatic rings. The first-order valence-corrected chi connectivity index (χ1v) is 13.9. The van der Waals surface area contributed by atoms with E-state index in [1.807, 2.05) is 67.0 Å². The number of benzene rings is 2. The van der Waals surface area contributed by atoms with E-state index in [1.54, 1.807) is 25.1 Å². The summed E-state index contributed by atoms with van der Waals surface area (Å²) in [6.45, 7) is 6.99. The number of aromatic nitrogens is 2. The number of nitrogens with zero attached hydrogens (tertiary/aromatic N) is 2. The fraction of sp³-hybridized carbons (Fsp3) is 0.323. The number of halogens is 1. The first-order chi connectivity index (χ1) is 19.5. The third-order valence-electron chi connectivity index (χ3n) is 6.49. The van der Waals surface area contributed by atoms with Crippen LogP contribution >= 0.6 is 11.6 Å². The van der Waals surface area contributed by atoms with Gasteiger partial charge in [0.15, 0.2) is 0 Å². The monoisotopic (exact) mass is 816 g/mol. The summed E-state index contributed by atoms with van der Waals surface area (Å²) in [4.78, 5) is 29.9. The second-order valence-corrected chi connectivity index (χ2v) is 10.7. The number of imidazole rings is 1. The second-order valence-electron chi connectivity index (χ2n) is 10.3. The Morgan fingerprint density at radius 2 is 1.76 bits per heavy atom. The van der Waals surface area contributed by atoms with E-state index in [-0.39, 0.29) is 49.7 Å². The van der Waals surface area contributed by atoms with Crippen molar-refractivity contribution in [2.45, 2.75) is 58.5 Å². The number of carbonyl (C=O) groups is 2. The molecule has 0 bridgehead atoms. The fourth-order valence-corrected chi connectivity index (χ4v) is 4.63. The summed E-state index contributed by atoms with van der Waals surface area (Å²) in [5.41, 5.74) is 4.39. The molecule has 0 saturated heterocycles. The number of ether oxygens (including phenoxy) is 1. The van der Waals surface area contributed by atoms with E-state index in [1.165, 1.54) is 6.92 Å². The maximum absolute atomic E-state index is 13.1. The van der Waals surface area contributed by atoms with Crippen molar-refractivity contribution in [3.05, 3.63) is 88.7 Å². The van der Waals surface area contributed by atoms with Gasteiger partial charge in [0.1, 0.15) is 17.5 Å². The molecule has 42 heavy (non-hydrogen) atoms. The third kappa shape index (κ3) is 8.59. The van der Waals surface area contributed by atoms with Gasteiger partial charge in [-0.05, 0) is 63.9 Å². The number of amides is 2. The molecule has 0 saturated carbocycles. The molecule has 2 amide bonds. The van der Waals surface area contributed by atoms with Gasteiger partial charge in [-0.2, -0.15) is 0 Å². The smallest absolute Gasteiger partial charge is 0.251 e. The summed E-state index contributed by atoms with van der Waals surface area (Å²) in [5, 5.41) is 25.7. The molecule has 2 heterocycles. The predicted molar refractivity (Wildman–Crippen MR) is 158 cm³/mol. The number of rotatable bonds is 11. The van der Waals surface area contributed by atoms with Crippen LogP contribution < -0.4 is 15.4 Å². The summed E-state index contributed by atoms with van der Waals surface area (Å²) in [6.07, 6.45) is 2.35. The molecule has 0 aliphatic rings. The third-order valence-corrected chi connectivity index (χ3v) is 6.78. The zero-order valence-electron chi connectivity index (χ0n) is 24.0. The van der Waals surface area contributed by atoms with Crippen LogP contribution in [-0.2, 0) is 11.2 Å². The minimum Gasteiger partial charge on any atom is -0.489 e. The minimum atomic E-state index is -1.17. The van der Waals surface area contributed by atoms with E-state index >= 15 is 0 Å². The van der Waals surface area contributed by atoms with Crippen LogP contribution in [0.15, 0.2) is 67.0 Å². The molecule has 3 atom stereocenters. The number of pyridine rings is 1. The van der Waals surface area contributed by atoms with Gasteiger partial charge >= 0.3 is 0 Å². The number of hydrogen-bond donors (Lipinski definition) is 4. The van der Waals surface area contributed by atoms with Crippen molar-refractivity contribution in [3.63, 3.8) is 0 Å². The Bertz CT molecular complexity index is 1520. The molecule has 0 fully saturated rings.